The number of hydrogen-bond donors (Lipinski definition) is 6. The molecular formula is C14H22O9. The summed E-state index contributed by atoms with van der Waals surface area (Å²) in [5, 5.41) is 50.9. The molecule has 2 atom stereocenters. The molecule has 0 rings (SSSR count). The number of carbonyl (C=O) groups is 3. The van der Waals surface area contributed by atoms with Gasteiger partial charge in [-0.2, -0.15) is 0 Å². The monoisotopic (exact) mass is 334 g/mol. The van der Waals surface area contributed by atoms with Crippen LogP contribution < -0.4 is 0 Å². The van der Waals surface area contributed by atoms with E-state index >= 15 is 0 Å². The molecule has 6 N–H and O–H groups in total. The number of carbonyl (C=O) groups excluding carboxylic acids is 1. The van der Waals surface area contributed by atoms with Gasteiger partial charge in [-0.1, -0.05) is 6.08 Å². The Morgan fingerprint density at radius 2 is 1.39 bits per heavy atom. The maximum absolute atomic E-state index is 10.7. The Kier molecular flexibility index (Phi) is 12.6. The second-order valence-corrected chi connectivity index (χ2v) is 4.50. The van der Waals surface area contributed by atoms with Gasteiger partial charge in [0.05, 0.1) is 19.3 Å². The topological polar surface area (TPSA) is 173 Å². The Balaban J connectivity index is 0. The number of hydrogen-bond acceptors (Lipinski definition) is 7. The Labute approximate surface area is 132 Å². The second kappa shape index (κ2) is 12.5. The van der Waals surface area contributed by atoms with Crippen LogP contribution in [-0.2, 0) is 14.4 Å². The van der Waals surface area contributed by atoms with Gasteiger partial charge in [0.15, 0.2) is 5.78 Å². The van der Waals surface area contributed by atoms with Crippen molar-refractivity contribution >= 4 is 17.7 Å². The first-order valence-corrected chi connectivity index (χ1v) is 6.50. The maximum atomic E-state index is 10.7. The molecule has 0 aliphatic carbocycles. The molecule has 0 bridgehead atoms. The van der Waals surface area contributed by atoms with Crippen molar-refractivity contribution in [2.75, 3.05) is 13.2 Å². The summed E-state index contributed by atoms with van der Waals surface area (Å²) in [5.41, 5.74) is 0.00463. The zero-order valence-corrected chi connectivity index (χ0v) is 12.8. The van der Waals surface area contributed by atoms with Crippen molar-refractivity contribution in [3.05, 3.63) is 23.3 Å². The smallest absolute Gasteiger partial charge is 0.331 e. The van der Waals surface area contributed by atoms with Gasteiger partial charge in [-0.15, -0.1) is 0 Å². The Morgan fingerprint density at radius 3 is 1.74 bits per heavy atom. The van der Waals surface area contributed by atoms with Crippen molar-refractivity contribution in [2.24, 2.45) is 0 Å². The summed E-state index contributed by atoms with van der Waals surface area (Å²) in [5.74, 6) is -3.04. The number of aliphatic carboxylic acids is 2. The largest absolute Gasteiger partial charge is 0.478 e. The van der Waals surface area contributed by atoms with Crippen molar-refractivity contribution in [3.8, 4) is 0 Å². The van der Waals surface area contributed by atoms with E-state index in [-0.39, 0.29) is 24.2 Å². The van der Waals surface area contributed by atoms with E-state index in [1.54, 1.807) is 0 Å². The third-order valence-corrected chi connectivity index (χ3v) is 2.44. The zero-order chi connectivity index (χ0) is 18.6. The Morgan fingerprint density at radius 1 is 0.913 bits per heavy atom. The van der Waals surface area contributed by atoms with Gasteiger partial charge in [-0.05, 0) is 26.3 Å². The molecule has 0 aliphatic rings. The highest BCUT2D eigenvalue weighted by molar-refractivity contribution is 6.00. The number of aliphatic hydroxyl groups is 4. The third kappa shape index (κ3) is 12.2. The number of ketones is 1. The van der Waals surface area contributed by atoms with Crippen LogP contribution in [0.4, 0.5) is 0 Å². The first kappa shape index (κ1) is 23.2. The maximum Gasteiger partial charge on any atom is 0.331 e. The first-order valence-electron chi connectivity index (χ1n) is 6.50. The van der Waals surface area contributed by atoms with Gasteiger partial charge in [0.1, 0.15) is 6.10 Å². The molecule has 0 fully saturated rings. The molecule has 0 aromatic rings. The summed E-state index contributed by atoms with van der Waals surface area (Å²) in [6, 6.07) is 0. The SMILES string of the molecule is C/C(=C\C(=O)C(O)CO)C(=O)O.C/C(=C\CC(O)CO)C(=O)O. The summed E-state index contributed by atoms with van der Waals surface area (Å²) in [6.07, 6.45) is -0.0512. The van der Waals surface area contributed by atoms with Crippen LogP contribution in [0, 0.1) is 0 Å². The minimum atomic E-state index is -1.53. The van der Waals surface area contributed by atoms with E-state index in [4.69, 9.17) is 30.6 Å². The molecule has 0 saturated carbocycles. The Bertz CT molecular complexity index is 465. The summed E-state index contributed by atoms with van der Waals surface area (Å²) in [7, 11) is 0. The number of carboxylic acid groups (broad SMARTS) is 2. The molecule has 0 heterocycles. The lowest BCUT2D eigenvalue weighted by molar-refractivity contribution is -0.133. The summed E-state index contributed by atoms with van der Waals surface area (Å²) in [4.78, 5) is 31.1. The normalized spacial score (nSPS) is 14.3. The molecule has 0 aliphatic heterocycles. The molecule has 0 amide bonds. The number of rotatable bonds is 8. The van der Waals surface area contributed by atoms with Gasteiger partial charge in [0.25, 0.3) is 0 Å². The van der Waals surface area contributed by atoms with E-state index in [0.29, 0.717) is 0 Å². The molecular weight excluding hydrogens is 312 g/mol. The molecule has 0 radical (unpaired) electrons. The summed E-state index contributed by atoms with van der Waals surface area (Å²) >= 11 is 0. The lowest BCUT2D eigenvalue weighted by Crippen LogP contribution is -2.22. The average Bonchev–Trinajstić information content (AvgIpc) is 2.51. The van der Waals surface area contributed by atoms with Crippen molar-refractivity contribution in [1.29, 1.82) is 0 Å². The molecule has 9 nitrogen and oxygen atoms in total. The highest BCUT2D eigenvalue weighted by atomic mass is 16.4. The van der Waals surface area contributed by atoms with Gasteiger partial charge < -0.3 is 30.6 Å². The van der Waals surface area contributed by atoms with Crippen molar-refractivity contribution in [1.82, 2.24) is 0 Å². The standard InChI is InChI=1S/C7H10O5.C7H12O4/c1-4(7(11)12)2-5(9)6(10)3-8;1-5(7(10)11)2-3-6(9)4-8/h2,6,8,10H,3H2,1H3,(H,11,12);2,6,8-9H,3-4H2,1H3,(H,10,11)/b4-2+;5-2+. The molecule has 0 aromatic carbocycles. The number of carboxylic acids is 2. The van der Waals surface area contributed by atoms with Crippen molar-refractivity contribution in [2.45, 2.75) is 32.5 Å². The fourth-order valence-corrected chi connectivity index (χ4v) is 0.936. The van der Waals surface area contributed by atoms with E-state index in [9.17, 15) is 14.4 Å². The van der Waals surface area contributed by atoms with Crippen LogP contribution in [0.1, 0.15) is 20.3 Å². The van der Waals surface area contributed by atoms with Crippen LogP contribution in [0.3, 0.4) is 0 Å². The predicted molar refractivity (Wildman–Crippen MR) is 78.6 cm³/mol. The minimum Gasteiger partial charge on any atom is -0.478 e. The van der Waals surface area contributed by atoms with Crippen LogP contribution >= 0.6 is 0 Å². The highest BCUT2D eigenvalue weighted by Gasteiger charge is 2.12. The van der Waals surface area contributed by atoms with Gasteiger partial charge in [0.2, 0.25) is 0 Å². The van der Waals surface area contributed by atoms with Crippen LogP contribution in [-0.4, -0.2) is 73.8 Å². The first-order chi connectivity index (χ1) is 10.6. The van der Waals surface area contributed by atoms with Crippen molar-refractivity contribution < 1.29 is 45.0 Å². The van der Waals surface area contributed by atoms with E-state index in [1.807, 2.05) is 0 Å². The number of aliphatic hydroxyl groups excluding tert-OH is 4. The van der Waals surface area contributed by atoms with Crippen LogP contribution in [0.2, 0.25) is 0 Å². The zero-order valence-electron chi connectivity index (χ0n) is 12.8. The molecule has 132 valence electrons. The minimum absolute atomic E-state index is 0.174. The molecule has 0 aromatic heterocycles. The molecule has 2 unspecified atom stereocenters. The van der Waals surface area contributed by atoms with Crippen LogP contribution in [0.25, 0.3) is 0 Å². The summed E-state index contributed by atoms with van der Waals surface area (Å²) < 4.78 is 0. The van der Waals surface area contributed by atoms with E-state index in [1.165, 1.54) is 19.9 Å². The lowest BCUT2D eigenvalue weighted by atomic mass is 10.1. The molecule has 0 spiro atoms. The fraction of sp³-hybridized carbons (Fsp3) is 0.500. The fourth-order valence-electron chi connectivity index (χ4n) is 0.936. The molecule has 9 heteroatoms. The Hall–Kier alpha value is -2.07. The second-order valence-electron chi connectivity index (χ2n) is 4.50. The quantitative estimate of drug-likeness (QED) is 0.295. The van der Waals surface area contributed by atoms with Crippen LogP contribution in [0.5, 0.6) is 0 Å². The third-order valence-electron chi connectivity index (χ3n) is 2.44. The highest BCUT2D eigenvalue weighted by Crippen LogP contribution is 1.98. The van der Waals surface area contributed by atoms with E-state index in [2.05, 4.69) is 0 Å². The lowest BCUT2D eigenvalue weighted by Gasteiger charge is -2.01. The van der Waals surface area contributed by atoms with Gasteiger partial charge >= 0.3 is 11.9 Å². The summed E-state index contributed by atoms with van der Waals surface area (Å²) in [6.45, 7) is 1.61. The van der Waals surface area contributed by atoms with Gasteiger partial charge in [-0.3, -0.25) is 4.79 Å². The van der Waals surface area contributed by atoms with Crippen molar-refractivity contribution in [3.63, 3.8) is 0 Å². The van der Waals surface area contributed by atoms with Crippen LogP contribution in [0.15, 0.2) is 23.3 Å². The van der Waals surface area contributed by atoms with E-state index in [0.717, 1.165) is 6.08 Å². The van der Waals surface area contributed by atoms with Gasteiger partial charge in [-0.25, -0.2) is 9.59 Å². The van der Waals surface area contributed by atoms with Gasteiger partial charge in [0, 0.05) is 11.1 Å². The predicted octanol–water partition coefficient (Wildman–Crippen LogP) is -1.30. The van der Waals surface area contributed by atoms with E-state index < -0.39 is 36.5 Å². The molecule has 0 saturated heterocycles. The molecule has 23 heavy (non-hydrogen) atoms. The average molecular weight is 334 g/mol.